The van der Waals surface area contributed by atoms with E-state index in [1.54, 1.807) is 6.92 Å². The Bertz CT molecular complexity index is 543. The molecule has 7 nitrogen and oxygen atoms in total. The van der Waals surface area contributed by atoms with Crippen LogP contribution in [-0.4, -0.2) is 38.6 Å². The number of nitrogens with one attached hydrogen (secondary N) is 1. The molecule has 0 aromatic carbocycles. The van der Waals surface area contributed by atoms with Crippen molar-refractivity contribution in [2.45, 2.75) is 31.6 Å². The van der Waals surface area contributed by atoms with Crippen molar-refractivity contribution in [3.05, 3.63) is 32.6 Å². The molecule has 0 aliphatic carbocycles. The van der Waals surface area contributed by atoms with Gasteiger partial charge in [0.15, 0.2) is 0 Å². The SMILES string of the molecule is Cc1cn([C@H]2CCC(CO)(CO)O2)c(=O)[nH]c1=O. The van der Waals surface area contributed by atoms with Crippen LogP contribution < -0.4 is 11.2 Å². The highest BCUT2D eigenvalue weighted by Crippen LogP contribution is 2.35. The summed E-state index contributed by atoms with van der Waals surface area (Å²) in [6.45, 7) is 0.975. The van der Waals surface area contributed by atoms with Crippen molar-refractivity contribution in [1.29, 1.82) is 0 Å². The van der Waals surface area contributed by atoms with Gasteiger partial charge in [0, 0.05) is 11.8 Å². The molecule has 1 fully saturated rings. The van der Waals surface area contributed by atoms with Gasteiger partial charge in [0.05, 0.1) is 13.2 Å². The van der Waals surface area contributed by atoms with E-state index in [9.17, 15) is 19.8 Å². The molecule has 1 saturated heterocycles. The minimum Gasteiger partial charge on any atom is -0.393 e. The topological polar surface area (TPSA) is 105 Å². The largest absolute Gasteiger partial charge is 0.393 e. The van der Waals surface area contributed by atoms with Crippen molar-refractivity contribution in [3.8, 4) is 0 Å². The summed E-state index contributed by atoms with van der Waals surface area (Å²) in [4.78, 5) is 25.1. The molecule has 1 aromatic rings. The van der Waals surface area contributed by atoms with Gasteiger partial charge in [0.1, 0.15) is 11.8 Å². The molecule has 0 amide bonds. The Kier molecular flexibility index (Phi) is 3.38. The number of ether oxygens (including phenoxy) is 1. The first kappa shape index (κ1) is 13.0. The third-order valence-electron chi connectivity index (χ3n) is 3.27. The Morgan fingerprint density at radius 2 is 2.17 bits per heavy atom. The predicted octanol–water partition coefficient (Wildman–Crippen LogP) is -1.12. The summed E-state index contributed by atoms with van der Waals surface area (Å²) >= 11 is 0. The smallest absolute Gasteiger partial charge is 0.330 e. The Morgan fingerprint density at radius 3 is 2.72 bits per heavy atom. The second kappa shape index (κ2) is 4.68. The maximum Gasteiger partial charge on any atom is 0.330 e. The summed E-state index contributed by atoms with van der Waals surface area (Å²) in [5, 5.41) is 18.4. The average Bonchev–Trinajstić information content (AvgIpc) is 2.79. The maximum atomic E-state index is 11.7. The minimum absolute atomic E-state index is 0.308. The summed E-state index contributed by atoms with van der Waals surface area (Å²) in [5.41, 5.74) is -1.58. The molecule has 100 valence electrons. The molecular formula is C11H16N2O5. The van der Waals surface area contributed by atoms with Crippen LogP contribution in [0.2, 0.25) is 0 Å². The summed E-state index contributed by atoms with van der Waals surface area (Å²) in [6.07, 6.45) is 1.80. The second-order valence-electron chi connectivity index (χ2n) is 4.59. The van der Waals surface area contributed by atoms with Crippen LogP contribution in [0.4, 0.5) is 0 Å². The van der Waals surface area contributed by atoms with Crippen LogP contribution in [0, 0.1) is 6.92 Å². The van der Waals surface area contributed by atoms with Crippen molar-refractivity contribution in [1.82, 2.24) is 9.55 Å². The molecule has 18 heavy (non-hydrogen) atoms. The van der Waals surface area contributed by atoms with Crippen LogP contribution in [0.15, 0.2) is 15.8 Å². The van der Waals surface area contributed by atoms with Crippen LogP contribution in [0.1, 0.15) is 24.6 Å². The van der Waals surface area contributed by atoms with E-state index in [4.69, 9.17) is 4.74 Å². The van der Waals surface area contributed by atoms with Gasteiger partial charge in [-0.3, -0.25) is 14.3 Å². The van der Waals surface area contributed by atoms with Crippen molar-refractivity contribution in [2.24, 2.45) is 0 Å². The first-order valence-electron chi connectivity index (χ1n) is 5.73. The first-order chi connectivity index (χ1) is 8.51. The van der Waals surface area contributed by atoms with E-state index < -0.39 is 23.1 Å². The van der Waals surface area contributed by atoms with Gasteiger partial charge in [0.25, 0.3) is 5.56 Å². The van der Waals surface area contributed by atoms with Crippen molar-refractivity contribution >= 4 is 0 Å². The van der Waals surface area contributed by atoms with E-state index in [0.717, 1.165) is 0 Å². The van der Waals surface area contributed by atoms with Crippen molar-refractivity contribution < 1.29 is 14.9 Å². The number of aliphatic hydroxyl groups is 2. The van der Waals surface area contributed by atoms with E-state index in [-0.39, 0.29) is 13.2 Å². The molecule has 0 radical (unpaired) electrons. The lowest BCUT2D eigenvalue weighted by Crippen LogP contribution is -2.39. The molecule has 1 aromatic heterocycles. The Hall–Kier alpha value is -1.44. The molecule has 3 N–H and O–H groups in total. The van der Waals surface area contributed by atoms with Crippen LogP contribution in [0.3, 0.4) is 0 Å². The monoisotopic (exact) mass is 256 g/mol. The van der Waals surface area contributed by atoms with Crippen LogP contribution in [0.25, 0.3) is 0 Å². The Balaban J connectivity index is 2.33. The van der Waals surface area contributed by atoms with Crippen molar-refractivity contribution in [3.63, 3.8) is 0 Å². The van der Waals surface area contributed by atoms with Crippen molar-refractivity contribution in [2.75, 3.05) is 13.2 Å². The van der Waals surface area contributed by atoms with E-state index >= 15 is 0 Å². The minimum atomic E-state index is -1.01. The van der Waals surface area contributed by atoms with E-state index in [1.165, 1.54) is 10.8 Å². The highest BCUT2D eigenvalue weighted by Gasteiger charge is 2.40. The molecule has 1 aliphatic heterocycles. The molecule has 0 bridgehead atoms. The lowest BCUT2D eigenvalue weighted by molar-refractivity contribution is -0.122. The van der Waals surface area contributed by atoms with Crippen LogP contribution in [0.5, 0.6) is 0 Å². The van der Waals surface area contributed by atoms with Crippen LogP contribution >= 0.6 is 0 Å². The van der Waals surface area contributed by atoms with Gasteiger partial charge in [-0.2, -0.15) is 0 Å². The molecule has 1 atom stereocenters. The normalized spacial score (nSPS) is 22.3. The highest BCUT2D eigenvalue weighted by molar-refractivity contribution is 5.02. The van der Waals surface area contributed by atoms with Gasteiger partial charge in [-0.25, -0.2) is 4.79 Å². The van der Waals surface area contributed by atoms with Gasteiger partial charge in [-0.15, -0.1) is 0 Å². The molecule has 0 spiro atoms. The zero-order valence-electron chi connectivity index (χ0n) is 10.0. The molecule has 7 heteroatoms. The van der Waals surface area contributed by atoms with E-state index in [1.807, 2.05) is 0 Å². The number of rotatable bonds is 3. The second-order valence-corrected chi connectivity index (χ2v) is 4.59. The fourth-order valence-corrected chi connectivity index (χ4v) is 2.07. The van der Waals surface area contributed by atoms with Gasteiger partial charge in [-0.05, 0) is 19.8 Å². The quantitative estimate of drug-likeness (QED) is 0.635. The standard InChI is InChI=1S/C11H16N2O5/c1-7-4-13(10(17)12-9(7)16)8-2-3-11(5-14,6-15)18-8/h4,8,14-15H,2-3,5-6H2,1H3,(H,12,16,17)/t8-/m1/s1. The number of aliphatic hydroxyl groups excluding tert-OH is 2. The number of aromatic nitrogens is 2. The molecule has 0 unspecified atom stereocenters. The summed E-state index contributed by atoms with van der Waals surface area (Å²) < 4.78 is 6.83. The summed E-state index contributed by atoms with van der Waals surface area (Å²) in [7, 11) is 0. The van der Waals surface area contributed by atoms with E-state index in [0.29, 0.717) is 18.4 Å². The lowest BCUT2D eigenvalue weighted by Gasteiger charge is -2.25. The maximum absolute atomic E-state index is 11.7. The van der Waals surface area contributed by atoms with Crippen LogP contribution in [-0.2, 0) is 4.74 Å². The number of hydrogen-bond donors (Lipinski definition) is 3. The predicted molar refractivity (Wildman–Crippen MR) is 62.3 cm³/mol. The highest BCUT2D eigenvalue weighted by atomic mass is 16.5. The number of hydrogen-bond acceptors (Lipinski definition) is 5. The van der Waals surface area contributed by atoms with Gasteiger partial charge >= 0.3 is 5.69 Å². The number of nitrogens with zero attached hydrogens (tertiary/aromatic N) is 1. The average molecular weight is 256 g/mol. The molecule has 0 saturated carbocycles. The summed E-state index contributed by atoms with van der Waals surface area (Å²) in [5.74, 6) is 0. The third-order valence-corrected chi connectivity index (χ3v) is 3.27. The third kappa shape index (κ3) is 2.12. The van der Waals surface area contributed by atoms with Gasteiger partial charge in [0.2, 0.25) is 0 Å². The first-order valence-corrected chi connectivity index (χ1v) is 5.73. The Morgan fingerprint density at radius 1 is 1.50 bits per heavy atom. The Labute approximate surface area is 103 Å². The number of aromatic amines is 1. The van der Waals surface area contributed by atoms with E-state index in [2.05, 4.69) is 4.98 Å². The molecular weight excluding hydrogens is 240 g/mol. The number of aryl methyl sites for hydroxylation is 1. The fraction of sp³-hybridized carbons (Fsp3) is 0.636. The zero-order chi connectivity index (χ0) is 13.3. The lowest BCUT2D eigenvalue weighted by atomic mass is 10.0. The van der Waals surface area contributed by atoms with Gasteiger partial charge in [-0.1, -0.05) is 0 Å². The fourth-order valence-electron chi connectivity index (χ4n) is 2.07. The molecule has 2 rings (SSSR count). The summed E-state index contributed by atoms with van der Waals surface area (Å²) in [6, 6.07) is 0. The zero-order valence-corrected chi connectivity index (χ0v) is 10.0. The van der Waals surface area contributed by atoms with Gasteiger partial charge < -0.3 is 14.9 Å². The number of H-pyrrole nitrogens is 1. The molecule has 2 heterocycles. The molecule has 1 aliphatic rings.